The second-order valence-electron chi connectivity index (χ2n) is 9.94. The van der Waals surface area contributed by atoms with Crippen molar-refractivity contribution in [1.29, 1.82) is 0 Å². The summed E-state index contributed by atoms with van der Waals surface area (Å²) in [6.45, 7) is 2.24. The number of anilines is 1. The predicted molar refractivity (Wildman–Crippen MR) is 144 cm³/mol. The van der Waals surface area contributed by atoms with Crippen LogP contribution in [0.2, 0.25) is 0 Å². The highest BCUT2D eigenvalue weighted by Gasteiger charge is 2.24. The van der Waals surface area contributed by atoms with E-state index in [0.29, 0.717) is 6.42 Å². The Morgan fingerprint density at radius 3 is 2.43 bits per heavy atom. The number of nitrogens with zero attached hydrogens (tertiary/aromatic N) is 1. The minimum Gasteiger partial charge on any atom is -0.489 e. The van der Waals surface area contributed by atoms with E-state index in [4.69, 9.17) is 10.5 Å². The van der Waals surface area contributed by atoms with Crippen molar-refractivity contribution < 1.29 is 17.9 Å². The van der Waals surface area contributed by atoms with E-state index in [1.807, 2.05) is 36.4 Å². The molecule has 0 saturated carbocycles. The Morgan fingerprint density at radius 1 is 0.946 bits per heavy atom. The SMILES string of the molecule is Nc1ccc2c(c1)CCCC(c1ccc(C(F)F)cc1)=C2c1ccc(OC2CCN(CCCF)C2)cc1. The fourth-order valence-electron chi connectivity index (χ4n) is 5.53. The molecular weight excluding hydrogens is 473 g/mol. The quantitative estimate of drug-likeness (QED) is 0.326. The fourth-order valence-corrected chi connectivity index (χ4v) is 5.53. The van der Waals surface area contributed by atoms with Crippen LogP contribution in [0.4, 0.5) is 18.9 Å². The van der Waals surface area contributed by atoms with Crippen molar-refractivity contribution in [2.24, 2.45) is 0 Å². The summed E-state index contributed by atoms with van der Waals surface area (Å²) in [6, 6.07) is 20.9. The van der Waals surface area contributed by atoms with Gasteiger partial charge in [-0.25, -0.2) is 8.78 Å². The smallest absolute Gasteiger partial charge is 0.263 e. The Kier molecular flexibility index (Phi) is 7.85. The van der Waals surface area contributed by atoms with E-state index in [1.165, 1.54) is 17.7 Å². The van der Waals surface area contributed by atoms with Crippen LogP contribution in [-0.2, 0) is 6.42 Å². The van der Waals surface area contributed by atoms with Crippen LogP contribution in [0.3, 0.4) is 0 Å². The molecule has 2 N–H and O–H groups in total. The minimum absolute atomic E-state index is 0.0318. The minimum atomic E-state index is -2.48. The Bertz CT molecular complexity index is 1240. The molecule has 5 rings (SSSR count). The first-order valence-electron chi connectivity index (χ1n) is 13.1. The molecule has 1 heterocycles. The van der Waals surface area contributed by atoms with Crippen LogP contribution in [0, 0.1) is 0 Å². The molecule has 0 radical (unpaired) electrons. The van der Waals surface area contributed by atoms with E-state index < -0.39 is 6.43 Å². The molecule has 3 aromatic rings. The number of halogens is 3. The van der Waals surface area contributed by atoms with Crippen molar-refractivity contribution in [3.8, 4) is 5.75 Å². The number of nitrogen functional groups attached to an aromatic ring is 1. The molecule has 2 aliphatic rings. The van der Waals surface area contributed by atoms with E-state index in [9.17, 15) is 13.2 Å². The van der Waals surface area contributed by atoms with Crippen LogP contribution in [0.1, 0.15) is 59.9 Å². The molecule has 1 atom stereocenters. The standard InChI is InChI=1S/C31H33F3N2O/c32-16-2-17-36-18-15-27(20-36)37-26-12-9-22(10-13-26)30-28(21-5-7-23(8-6-21)31(33)34)4-1-3-24-19-25(35)11-14-29(24)30/h5-14,19,27,31H,1-4,15-18,20,35H2. The second-order valence-corrected chi connectivity index (χ2v) is 9.94. The first-order chi connectivity index (χ1) is 18.0. The number of fused-ring (bicyclic) bond motifs is 1. The van der Waals surface area contributed by atoms with Gasteiger partial charge in [-0.1, -0.05) is 42.5 Å². The zero-order valence-corrected chi connectivity index (χ0v) is 20.9. The maximum absolute atomic E-state index is 13.2. The number of benzene rings is 3. The number of alkyl halides is 3. The van der Waals surface area contributed by atoms with E-state index >= 15 is 0 Å². The maximum Gasteiger partial charge on any atom is 0.263 e. The van der Waals surface area contributed by atoms with Crippen molar-refractivity contribution in [1.82, 2.24) is 4.90 Å². The first kappa shape index (κ1) is 25.4. The van der Waals surface area contributed by atoms with Crippen LogP contribution in [0.5, 0.6) is 5.75 Å². The summed E-state index contributed by atoms with van der Waals surface area (Å²) < 4.78 is 45.1. The van der Waals surface area contributed by atoms with Gasteiger partial charge >= 0.3 is 0 Å². The number of allylic oxidation sites excluding steroid dienone is 1. The molecule has 1 aliphatic carbocycles. The van der Waals surface area contributed by atoms with E-state index in [-0.39, 0.29) is 18.3 Å². The average Bonchev–Trinajstić information content (AvgIpc) is 3.26. The number of rotatable bonds is 8. The van der Waals surface area contributed by atoms with E-state index in [0.717, 1.165) is 84.6 Å². The van der Waals surface area contributed by atoms with Crippen LogP contribution in [-0.4, -0.2) is 37.3 Å². The van der Waals surface area contributed by atoms with Crippen LogP contribution < -0.4 is 10.5 Å². The van der Waals surface area contributed by atoms with Crippen LogP contribution in [0.25, 0.3) is 11.1 Å². The van der Waals surface area contributed by atoms with Gasteiger partial charge in [0.2, 0.25) is 0 Å². The third kappa shape index (κ3) is 5.85. The highest BCUT2D eigenvalue weighted by Crippen LogP contribution is 2.41. The summed E-state index contributed by atoms with van der Waals surface area (Å²) in [5.74, 6) is 0.815. The first-order valence-corrected chi connectivity index (χ1v) is 13.1. The molecule has 0 bridgehead atoms. The third-order valence-electron chi connectivity index (χ3n) is 7.37. The zero-order valence-electron chi connectivity index (χ0n) is 20.9. The van der Waals surface area contributed by atoms with Crippen molar-refractivity contribution in [3.05, 3.63) is 94.5 Å². The number of ether oxygens (including phenoxy) is 1. The summed E-state index contributed by atoms with van der Waals surface area (Å²) in [5, 5.41) is 0. The van der Waals surface area contributed by atoms with Gasteiger partial charge in [0.05, 0.1) is 6.67 Å². The van der Waals surface area contributed by atoms with Crippen LogP contribution in [0.15, 0.2) is 66.7 Å². The van der Waals surface area contributed by atoms with Gasteiger partial charge in [-0.2, -0.15) is 0 Å². The topological polar surface area (TPSA) is 38.5 Å². The second kappa shape index (κ2) is 11.4. The molecule has 1 unspecified atom stereocenters. The highest BCUT2D eigenvalue weighted by molar-refractivity contribution is 6.00. The Hall–Kier alpha value is -3.25. The molecule has 1 aliphatic heterocycles. The summed E-state index contributed by atoms with van der Waals surface area (Å²) >= 11 is 0. The van der Waals surface area contributed by atoms with Crippen molar-refractivity contribution in [2.75, 3.05) is 32.0 Å². The lowest BCUT2D eigenvalue weighted by Gasteiger charge is -2.19. The predicted octanol–water partition coefficient (Wildman–Crippen LogP) is 7.31. The van der Waals surface area contributed by atoms with Gasteiger partial charge in [0.25, 0.3) is 6.43 Å². The largest absolute Gasteiger partial charge is 0.489 e. The zero-order chi connectivity index (χ0) is 25.8. The number of hydrogen-bond donors (Lipinski definition) is 1. The molecule has 37 heavy (non-hydrogen) atoms. The van der Waals surface area contributed by atoms with E-state index in [1.54, 1.807) is 0 Å². The van der Waals surface area contributed by atoms with E-state index in [2.05, 4.69) is 23.1 Å². The molecule has 6 heteroatoms. The molecule has 3 aromatic carbocycles. The maximum atomic E-state index is 13.2. The molecule has 3 nitrogen and oxygen atoms in total. The lowest BCUT2D eigenvalue weighted by atomic mass is 9.87. The van der Waals surface area contributed by atoms with Crippen molar-refractivity contribution in [3.63, 3.8) is 0 Å². The van der Waals surface area contributed by atoms with Gasteiger partial charge in [0.15, 0.2) is 0 Å². The summed E-state index contributed by atoms with van der Waals surface area (Å²) in [4.78, 5) is 2.25. The molecule has 1 saturated heterocycles. The number of aryl methyl sites for hydroxylation is 1. The summed E-state index contributed by atoms with van der Waals surface area (Å²) in [7, 11) is 0. The lowest BCUT2D eigenvalue weighted by Crippen LogP contribution is -2.26. The van der Waals surface area contributed by atoms with Gasteiger partial charge in [-0.3, -0.25) is 9.29 Å². The van der Waals surface area contributed by atoms with Gasteiger partial charge < -0.3 is 10.5 Å². The van der Waals surface area contributed by atoms with Gasteiger partial charge in [0.1, 0.15) is 11.9 Å². The summed E-state index contributed by atoms with van der Waals surface area (Å²) in [5.41, 5.74) is 13.5. The fraction of sp³-hybridized carbons (Fsp3) is 0.355. The normalized spacial score (nSPS) is 18.2. The summed E-state index contributed by atoms with van der Waals surface area (Å²) in [6.07, 6.45) is 1.83. The number of nitrogens with two attached hydrogens (primary N) is 1. The molecule has 0 amide bonds. The van der Waals surface area contributed by atoms with Gasteiger partial charge in [0, 0.05) is 30.9 Å². The van der Waals surface area contributed by atoms with Crippen LogP contribution >= 0.6 is 0 Å². The van der Waals surface area contributed by atoms with Crippen molar-refractivity contribution >= 4 is 16.8 Å². The molecule has 194 valence electrons. The average molecular weight is 507 g/mol. The Morgan fingerprint density at radius 2 is 1.70 bits per heavy atom. The molecule has 0 aromatic heterocycles. The monoisotopic (exact) mass is 506 g/mol. The highest BCUT2D eigenvalue weighted by atomic mass is 19.3. The third-order valence-corrected chi connectivity index (χ3v) is 7.37. The number of hydrogen-bond acceptors (Lipinski definition) is 3. The molecule has 1 fully saturated rings. The Labute approximate surface area is 216 Å². The molecular formula is C31H33F3N2O. The van der Waals surface area contributed by atoms with Crippen molar-refractivity contribution in [2.45, 2.75) is 44.6 Å². The van der Waals surface area contributed by atoms with Gasteiger partial charge in [-0.05, 0) is 89.8 Å². The Balaban J connectivity index is 1.47. The molecule has 0 spiro atoms. The lowest BCUT2D eigenvalue weighted by molar-refractivity contribution is 0.151. The van der Waals surface area contributed by atoms with Gasteiger partial charge in [-0.15, -0.1) is 0 Å². The number of likely N-dealkylation sites (tertiary alicyclic amines) is 1.